The van der Waals surface area contributed by atoms with Gasteiger partial charge in [0.05, 0.1) is 17.0 Å². The summed E-state index contributed by atoms with van der Waals surface area (Å²) >= 11 is 0. The number of hydrogen-bond acceptors (Lipinski definition) is 3. The molecule has 1 aliphatic carbocycles. The van der Waals surface area contributed by atoms with Crippen molar-refractivity contribution < 1.29 is 13.5 Å². The zero-order valence-corrected chi connectivity index (χ0v) is 11.9. The average molecular weight is 291 g/mol. The van der Waals surface area contributed by atoms with Crippen LogP contribution in [0.15, 0.2) is 47.4 Å². The summed E-state index contributed by atoms with van der Waals surface area (Å²) in [5, 5.41) is 11.0. The van der Waals surface area contributed by atoms with Gasteiger partial charge in [-0.25, -0.2) is 13.1 Å². The third-order valence-corrected chi connectivity index (χ3v) is 5.64. The predicted molar refractivity (Wildman–Crippen MR) is 77.9 cm³/mol. The van der Waals surface area contributed by atoms with Crippen LogP contribution >= 0.6 is 0 Å². The van der Waals surface area contributed by atoms with Gasteiger partial charge in [0.15, 0.2) is 0 Å². The fraction of sp³-hybridized carbons (Fsp3) is 0.333. The number of rotatable bonds is 4. The molecule has 0 atom stereocenters. The van der Waals surface area contributed by atoms with Gasteiger partial charge in [-0.1, -0.05) is 36.4 Å². The minimum atomic E-state index is -3.63. The van der Waals surface area contributed by atoms with Gasteiger partial charge in [0.25, 0.3) is 0 Å². The number of aliphatic hydroxyl groups excluding tert-OH is 1. The van der Waals surface area contributed by atoms with Crippen molar-refractivity contribution in [3.8, 4) is 0 Å². The molecule has 5 heteroatoms. The molecule has 0 aromatic heterocycles. The van der Waals surface area contributed by atoms with Crippen LogP contribution in [0.1, 0.15) is 19.3 Å². The third-order valence-electron chi connectivity index (χ3n) is 4.00. The van der Waals surface area contributed by atoms with E-state index in [9.17, 15) is 13.5 Å². The summed E-state index contributed by atoms with van der Waals surface area (Å²) in [6, 6.07) is 12.6. The largest absolute Gasteiger partial charge is 0.394 e. The number of benzene rings is 2. The normalized spacial score (nSPS) is 17.9. The molecule has 1 saturated carbocycles. The number of sulfonamides is 1. The standard InChI is InChI=1S/C15H17NO3S/c17-11-15(9-4-10-15)16-20(18,19)14-8-3-6-12-5-1-2-7-13(12)14/h1-3,5-8,16-17H,4,9-11H2. The van der Waals surface area contributed by atoms with Crippen LogP contribution in [0.5, 0.6) is 0 Å². The first-order chi connectivity index (χ1) is 9.56. The van der Waals surface area contributed by atoms with E-state index in [4.69, 9.17) is 0 Å². The van der Waals surface area contributed by atoms with Crippen molar-refractivity contribution in [2.24, 2.45) is 0 Å². The Morgan fingerprint density at radius 3 is 2.45 bits per heavy atom. The van der Waals surface area contributed by atoms with Gasteiger partial charge in [-0.3, -0.25) is 0 Å². The maximum atomic E-state index is 12.6. The molecule has 3 rings (SSSR count). The highest BCUT2D eigenvalue weighted by molar-refractivity contribution is 7.89. The van der Waals surface area contributed by atoms with Crippen molar-refractivity contribution in [3.63, 3.8) is 0 Å². The van der Waals surface area contributed by atoms with Crippen LogP contribution < -0.4 is 4.72 Å². The third kappa shape index (κ3) is 2.22. The Morgan fingerprint density at radius 1 is 1.10 bits per heavy atom. The minimum Gasteiger partial charge on any atom is -0.394 e. The summed E-state index contributed by atoms with van der Waals surface area (Å²) in [7, 11) is -3.63. The lowest BCUT2D eigenvalue weighted by molar-refractivity contribution is 0.111. The predicted octanol–water partition coefficient (Wildman–Crippen LogP) is 2.03. The lowest BCUT2D eigenvalue weighted by Crippen LogP contribution is -2.55. The van der Waals surface area contributed by atoms with Gasteiger partial charge >= 0.3 is 0 Å². The molecule has 2 aromatic rings. The highest BCUT2D eigenvalue weighted by Gasteiger charge is 2.40. The fourth-order valence-corrected chi connectivity index (χ4v) is 4.35. The summed E-state index contributed by atoms with van der Waals surface area (Å²) in [5.74, 6) is 0. The summed E-state index contributed by atoms with van der Waals surface area (Å²) in [4.78, 5) is 0.273. The molecule has 0 saturated heterocycles. The highest BCUT2D eigenvalue weighted by Crippen LogP contribution is 2.33. The molecule has 4 nitrogen and oxygen atoms in total. The quantitative estimate of drug-likeness (QED) is 0.906. The van der Waals surface area contributed by atoms with Crippen LogP contribution in [-0.4, -0.2) is 25.7 Å². The Kier molecular flexibility index (Phi) is 3.28. The zero-order valence-electron chi connectivity index (χ0n) is 11.0. The molecule has 0 heterocycles. The molecule has 1 aliphatic rings. The monoisotopic (exact) mass is 291 g/mol. The molecule has 0 unspecified atom stereocenters. The van der Waals surface area contributed by atoms with Crippen LogP contribution in [0.3, 0.4) is 0 Å². The molecule has 2 N–H and O–H groups in total. The zero-order chi connectivity index (χ0) is 14.2. The van der Waals surface area contributed by atoms with E-state index in [-0.39, 0.29) is 11.5 Å². The van der Waals surface area contributed by atoms with Gasteiger partial charge in [0.2, 0.25) is 10.0 Å². The summed E-state index contributed by atoms with van der Waals surface area (Å²) in [6.45, 7) is -0.156. The Bertz CT molecular complexity index is 725. The molecule has 20 heavy (non-hydrogen) atoms. The topological polar surface area (TPSA) is 66.4 Å². The SMILES string of the molecule is O=S(=O)(NC1(CO)CCC1)c1cccc2ccccc12. The van der Waals surface area contributed by atoms with E-state index in [1.165, 1.54) is 0 Å². The lowest BCUT2D eigenvalue weighted by Gasteiger charge is -2.40. The maximum absolute atomic E-state index is 12.6. The van der Waals surface area contributed by atoms with Crippen molar-refractivity contribution in [3.05, 3.63) is 42.5 Å². The van der Waals surface area contributed by atoms with Crippen molar-refractivity contribution in [1.82, 2.24) is 4.72 Å². The Morgan fingerprint density at radius 2 is 1.80 bits per heavy atom. The smallest absolute Gasteiger partial charge is 0.241 e. The second-order valence-electron chi connectivity index (χ2n) is 5.37. The average Bonchev–Trinajstić information content (AvgIpc) is 2.42. The second-order valence-corrected chi connectivity index (χ2v) is 7.03. The van der Waals surface area contributed by atoms with Gasteiger partial charge in [0.1, 0.15) is 0 Å². The Hall–Kier alpha value is -1.43. The summed E-state index contributed by atoms with van der Waals surface area (Å²) in [5.41, 5.74) is -0.671. The van der Waals surface area contributed by atoms with Gasteiger partial charge in [-0.2, -0.15) is 0 Å². The molecule has 106 valence electrons. The number of aliphatic hydroxyl groups is 1. The van der Waals surface area contributed by atoms with Crippen molar-refractivity contribution >= 4 is 20.8 Å². The molecule has 0 aliphatic heterocycles. The molecule has 0 bridgehead atoms. The Labute approximate surface area is 118 Å². The van der Waals surface area contributed by atoms with Crippen LogP contribution in [0.2, 0.25) is 0 Å². The van der Waals surface area contributed by atoms with Gasteiger partial charge in [0, 0.05) is 5.39 Å². The van der Waals surface area contributed by atoms with E-state index in [2.05, 4.69) is 4.72 Å². The van der Waals surface area contributed by atoms with Gasteiger partial charge in [-0.15, -0.1) is 0 Å². The van der Waals surface area contributed by atoms with Crippen molar-refractivity contribution in [1.29, 1.82) is 0 Å². The molecular weight excluding hydrogens is 274 g/mol. The minimum absolute atomic E-state index is 0.156. The molecule has 2 aromatic carbocycles. The first-order valence-corrected chi connectivity index (χ1v) is 8.17. The van der Waals surface area contributed by atoms with Crippen LogP contribution in [-0.2, 0) is 10.0 Å². The highest BCUT2D eigenvalue weighted by atomic mass is 32.2. The molecule has 0 radical (unpaired) electrons. The molecule has 0 amide bonds. The van der Waals surface area contributed by atoms with Crippen LogP contribution in [0.25, 0.3) is 10.8 Å². The van der Waals surface area contributed by atoms with Gasteiger partial charge < -0.3 is 5.11 Å². The van der Waals surface area contributed by atoms with E-state index in [0.717, 1.165) is 11.8 Å². The van der Waals surface area contributed by atoms with E-state index < -0.39 is 15.6 Å². The van der Waals surface area contributed by atoms with Crippen molar-refractivity contribution in [2.45, 2.75) is 29.7 Å². The summed E-state index contributed by atoms with van der Waals surface area (Å²) < 4.78 is 27.9. The van der Waals surface area contributed by atoms with E-state index in [1.807, 2.05) is 24.3 Å². The first kappa shape index (κ1) is 13.5. The van der Waals surface area contributed by atoms with E-state index in [0.29, 0.717) is 18.2 Å². The summed E-state index contributed by atoms with van der Waals surface area (Å²) in [6.07, 6.45) is 2.32. The second kappa shape index (κ2) is 4.84. The fourth-order valence-electron chi connectivity index (χ4n) is 2.67. The lowest BCUT2D eigenvalue weighted by atomic mass is 9.78. The van der Waals surface area contributed by atoms with E-state index in [1.54, 1.807) is 18.2 Å². The maximum Gasteiger partial charge on any atom is 0.241 e. The number of fused-ring (bicyclic) bond motifs is 1. The first-order valence-electron chi connectivity index (χ1n) is 6.69. The molecule has 1 fully saturated rings. The van der Waals surface area contributed by atoms with Crippen LogP contribution in [0, 0.1) is 0 Å². The number of nitrogens with one attached hydrogen (secondary N) is 1. The number of hydrogen-bond donors (Lipinski definition) is 2. The van der Waals surface area contributed by atoms with Gasteiger partial charge in [-0.05, 0) is 30.7 Å². The van der Waals surface area contributed by atoms with E-state index >= 15 is 0 Å². The molecule has 0 spiro atoms. The molecular formula is C15H17NO3S. The van der Waals surface area contributed by atoms with Crippen molar-refractivity contribution in [2.75, 3.05) is 6.61 Å². The van der Waals surface area contributed by atoms with Crippen LogP contribution in [0.4, 0.5) is 0 Å². The Balaban J connectivity index is 2.05.